The van der Waals surface area contributed by atoms with Gasteiger partial charge >= 0.3 is 39.5 Å². The lowest BCUT2D eigenvalue weighted by atomic mass is 10.2. The summed E-state index contributed by atoms with van der Waals surface area (Å²) in [4.78, 5) is 66.3. The fraction of sp³-hybridized carbons (Fsp3) is 0.882. The number of esters is 4. The van der Waals surface area contributed by atoms with Crippen LogP contribution in [0.3, 0.4) is 0 Å². The third kappa shape index (κ3) is 35.7. The second-order valence-corrected chi connectivity index (χ2v) is 15.1. The Morgan fingerprint density at radius 3 is 1.06 bits per heavy atom. The second kappa shape index (κ2) is 35.4. The normalized spacial score (nSPS) is 14.4. The molecule has 6 N–H and O–H groups in total. The first-order chi connectivity index (χ1) is 25.7. The maximum atomic E-state index is 11.9. The Morgan fingerprint density at radius 2 is 0.778 bits per heavy atom. The van der Waals surface area contributed by atoms with E-state index in [0.29, 0.717) is 25.7 Å². The summed E-state index contributed by atoms with van der Waals surface area (Å²) in [6.45, 7) is 6.53. The van der Waals surface area contributed by atoms with Crippen LogP contribution in [0.4, 0.5) is 0 Å². The highest BCUT2D eigenvalue weighted by Crippen LogP contribution is 2.43. The fourth-order valence-corrected chi connectivity index (χ4v) is 5.61. The smallest absolute Gasteiger partial charge is 0.462 e. The van der Waals surface area contributed by atoms with Crippen LogP contribution in [0.1, 0.15) is 130 Å². The van der Waals surface area contributed by atoms with Gasteiger partial charge in [-0.2, -0.15) is 0 Å². The molecular weight excluding hydrogens is 754 g/mol. The SMILES string of the molecule is CCCCCC(=O)OC[C@H](COP(=O)(O)OCCN)OC(=O)CCCCC.CCCCCC(=O)OC[C@H](COP(=O)(O)OCCN)OC(=O)CCCCC. The molecular formula is C34H68N2O16P2. The molecule has 320 valence electrons. The predicted molar refractivity (Wildman–Crippen MR) is 200 cm³/mol. The predicted octanol–water partition coefficient (Wildman–Crippen LogP) is 5.39. The van der Waals surface area contributed by atoms with Gasteiger partial charge in [0.05, 0.1) is 26.4 Å². The van der Waals surface area contributed by atoms with Crippen LogP contribution in [0.5, 0.6) is 0 Å². The van der Waals surface area contributed by atoms with Crippen LogP contribution in [-0.2, 0) is 65.4 Å². The van der Waals surface area contributed by atoms with Gasteiger partial charge in [-0.1, -0.05) is 79.1 Å². The number of unbranched alkanes of at least 4 members (excludes halogenated alkanes) is 8. The van der Waals surface area contributed by atoms with E-state index in [1.807, 2.05) is 27.7 Å². The van der Waals surface area contributed by atoms with Crippen LogP contribution >= 0.6 is 15.6 Å². The van der Waals surface area contributed by atoms with Gasteiger partial charge in [-0.25, -0.2) is 9.13 Å². The molecule has 0 heterocycles. The maximum absolute atomic E-state index is 11.9. The zero-order valence-corrected chi connectivity index (χ0v) is 34.6. The number of hydrogen-bond donors (Lipinski definition) is 4. The third-order valence-corrected chi connectivity index (χ3v) is 8.95. The van der Waals surface area contributed by atoms with Gasteiger partial charge in [-0.15, -0.1) is 0 Å². The van der Waals surface area contributed by atoms with Crippen molar-refractivity contribution in [2.75, 3.05) is 52.7 Å². The Labute approximate surface area is 321 Å². The Balaban J connectivity index is 0. The first kappa shape index (κ1) is 54.1. The van der Waals surface area contributed by atoms with Gasteiger partial charge in [-0.3, -0.25) is 37.3 Å². The van der Waals surface area contributed by atoms with Crippen LogP contribution in [0.25, 0.3) is 0 Å². The minimum atomic E-state index is -4.31. The summed E-state index contributed by atoms with van der Waals surface area (Å²) >= 11 is 0. The lowest BCUT2D eigenvalue weighted by Gasteiger charge is -2.19. The van der Waals surface area contributed by atoms with E-state index in [-0.39, 0.29) is 65.2 Å². The Kier molecular flexibility index (Phi) is 35.5. The molecule has 20 heteroatoms. The van der Waals surface area contributed by atoms with Crippen LogP contribution in [0, 0.1) is 0 Å². The molecule has 0 aromatic heterocycles. The summed E-state index contributed by atoms with van der Waals surface area (Å²) in [6, 6.07) is 0. The van der Waals surface area contributed by atoms with E-state index in [9.17, 15) is 38.1 Å². The van der Waals surface area contributed by atoms with Crippen LogP contribution in [0.15, 0.2) is 0 Å². The van der Waals surface area contributed by atoms with Crippen molar-refractivity contribution >= 4 is 39.5 Å². The van der Waals surface area contributed by atoms with E-state index in [1.165, 1.54) is 0 Å². The molecule has 0 bridgehead atoms. The molecule has 0 aromatic rings. The van der Waals surface area contributed by atoms with Crippen molar-refractivity contribution in [2.24, 2.45) is 11.5 Å². The Hall–Kier alpha value is -1.98. The van der Waals surface area contributed by atoms with Gasteiger partial charge in [-0.05, 0) is 25.7 Å². The molecule has 54 heavy (non-hydrogen) atoms. The van der Waals surface area contributed by atoms with Crippen molar-refractivity contribution in [3.05, 3.63) is 0 Å². The van der Waals surface area contributed by atoms with E-state index >= 15 is 0 Å². The molecule has 0 radical (unpaired) electrons. The third-order valence-electron chi connectivity index (χ3n) is 6.99. The molecule has 18 nitrogen and oxygen atoms in total. The lowest BCUT2D eigenvalue weighted by molar-refractivity contribution is -0.161. The summed E-state index contributed by atoms with van der Waals surface area (Å²) in [5, 5.41) is 0. The minimum absolute atomic E-state index is 0.0547. The molecule has 0 aliphatic carbocycles. The zero-order chi connectivity index (χ0) is 41.1. The van der Waals surface area contributed by atoms with Crippen molar-refractivity contribution < 1.29 is 75.1 Å². The first-order valence-corrected chi connectivity index (χ1v) is 22.0. The van der Waals surface area contributed by atoms with Crippen molar-refractivity contribution in [1.82, 2.24) is 0 Å². The maximum Gasteiger partial charge on any atom is 0.472 e. The number of nitrogens with two attached hydrogens (primary N) is 2. The highest BCUT2D eigenvalue weighted by atomic mass is 31.2. The summed E-state index contributed by atoms with van der Waals surface area (Å²) in [5.74, 6) is -1.78. The van der Waals surface area contributed by atoms with E-state index in [1.54, 1.807) is 0 Å². The molecule has 0 aliphatic rings. The quantitative estimate of drug-likeness (QED) is 0.0274. The van der Waals surface area contributed by atoms with Crippen LogP contribution in [-0.4, -0.2) is 98.6 Å². The summed E-state index contributed by atoms with van der Waals surface area (Å²) in [6.07, 6.45) is 9.27. The number of ether oxygens (including phenoxy) is 4. The molecule has 0 aliphatic heterocycles. The van der Waals surface area contributed by atoms with Crippen molar-refractivity contribution in [3.63, 3.8) is 0 Å². The summed E-state index contributed by atoms with van der Waals surface area (Å²) in [5.41, 5.74) is 10.4. The minimum Gasteiger partial charge on any atom is -0.462 e. The molecule has 2 unspecified atom stereocenters. The molecule has 0 saturated carbocycles. The number of carbonyl (C=O) groups excluding carboxylic acids is 4. The first-order valence-electron chi connectivity index (χ1n) is 19.0. The van der Waals surface area contributed by atoms with Gasteiger partial charge in [0.25, 0.3) is 0 Å². The Bertz CT molecular complexity index is 1000. The van der Waals surface area contributed by atoms with Crippen molar-refractivity contribution in [2.45, 2.75) is 143 Å². The van der Waals surface area contributed by atoms with Crippen LogP contribution in [0.2, 0.25) is 0 Å². The molecule has 0 saturated heterocycles. The van der Waals surface area contributed by atoms with Crippen LogP contribution < -0.4 is 11.5 Å². The number of rotatable bonds is 34. The lowest BCUT2D eigenvalue weighted by Crippen LogP contribution is -2.29. The molecule has 0 fully saturated rings. The van der Waals surface area contributed by atoms with E-state index in [0.717, 1.165) is 51.4 Å². The monoisotopic (exact) mass is 822 g/mol. The molecule has 0 aromatic carbocycles. The molecule has 0 rings (SSSR count). The highest BCUT2D eigenvalue weighted by Gasteiger charge is 2.27. The van der Waals surface area contributed by atoms with Gasteiger partial charge < -0.3 is 40.2 Å². The highest BCUT2D eigenvalue weighted by molar-refractivity contribution is 7.47. The zero-order valence-electron chi connectivity index (χ0n) is 32.8. The topological polar surface area (TPSA) is 269 Å². The van der Waals surface area contributed by atoms with E-state index in [2.05, 4.69) is 9.05 Å². The van der Waals surface area contributed by atoms with E-state index in [4.69, 9.17) is 39.5 Å². The second-order valence-electron chi connectivity index (χ2n) is 12.2. The molecule has 0 amide bonds. The fourth-order valence-electron chi connectivity index (χ4n) is 4.08. The van der Waals surface area contributed by atoms with Crippen molar-refractivity contribution in [3.8, 4) is 0 Å². The number of carbonyl (C=O) groups is 4. The van der Waals surface area contributed by atoms with Gasteiger partial charge in [0.2, 0.25) is 0 Å². The average molecular weight is 823 g/mol. The van der Waals surface area contributed by atoms with Crippen molar-refractivity contribution in [1.29, 1.82) is 0 Å². The number of phosphoric ester groups is 2. The number of hydrogen-bond acceptors (Lipinski definition) is 16. The standard InChI is InChI=1S/2C17H34NO8P/c2*1-3-5-7-9-16(19)23-13-15(26-17(20)10-8-6-4-2)14-25-27(21,22)24-12-11-18/h2*15H,3-14,18H2,1-2H3,(H,21,22)/t2*15-/m11/s1. The van der Waals surface area contributed by atoms with E-state index < -0.39 is 64.9 Å². The van der Waals surface area contributed by atoms with Gasteiger partial charge in [0, 0.05) is 38.8 Å². The number of phosphoric acid groups is 2. The largest absolute Gasteiger partial charge is 0.472 e. The molecule has 0 spiro atoms. The van der Waals surface area contributed by atoms with Gasteiger partial charge in [0.1, 0.15) is 13.2 Å². The Morgan fingerprint density at radius 1 is 0.481 bits per heavy atom. The average Bonchev–Trinajstić information content (AvgIpc) is 3.13. The summed E-state index contributed by atoms with van der Waals surface area (Å²) < 4.78 is 62.9. The van der Waals surface area contributed by atoms with Gasteiger partial charge in [0.15, 0.2) is 12.2 Å². The summed E-state index contributed by atoms with van der Waals surface area (Å²) in [7, 11) is -8.63. The molecule has 4 atom stereocenters.